The van der Waals surface area contributed by atoms with E-state index in [4.69, 9.17) is 18.6 Å². The maximum Gasteiger partial charge on any atom is 0.205 e. The first kappa shape index (κ1) is 19.3. The van der Waals surface area contributed by atoms with Crippen molar-refractivity contribution >= 4 is 26.9 Å². The Morgan fingerprint density at radius 2 is 1.78 bits per heavy atom. The van der Waals surface area contributed by atoms with Crippen molar-refractivity contribution in [1.82, 2.24) is 0 Å². The summed E-state index contributed by atoms with van der Waals surface area (Å²) in [6.07, 6.45) is 1.89. The summed E-state index contributed by atoms with van der Waals surface area (Å²) < 4.78 is 22.9. The number of halogens is 1. The van der Waals surface area contributed by atoms with Gasteiger partial charge >= 0.3 is 0 Å². The van der Waals surface area contributed by atoms with Crippen LogP contribution in [-0.2, 0) is 0 Å². The van der Waals surface area contributed by atoms with Crippen LogP contribution in [0.2, 0.25) is 0 Å². The fourth-order valence-corrected chi connectivity index (χ4v) is 3.24. The van der Waals surface area contributed by atoms with Crippen molar-refractivity contribution < 1.29 is 18.6 Å². The molecule has 5 nitrogen and oxygen atoms in total. The third-order valence-electron chi connectivity index (χ3n) is 4.15. The largest absolute Gasteiger partial charge is 0.496 e. The summed E-state index contributed by atoms with van der Waals surface area (Å²) in [6.45, 7) is 0.527. The zero-order chi connectivity index (χ0) is 19.2. The molecule has 0 unspecified atom stereocenters. The normalized spacial score (nSPS) is 10.8. The van der Waals surface area contributed by atoms with E-state index in [1.54, 1.807) is 6.07 Å². The van der Waals surface area contributed by atoms with Crippen LogP contribution in [0.25, 0.3) is 22.3 Å². The van der Waals surface area contributed by atoms with Gasteiger partial charge in [0.05, 0.1) is 20.8 Å². The average Bonchev–Trinajstić information content (AvgIpc) is 2.70. The Morgan fingerprint density at radius 1 is 1.00 bits per heavy atom. The molecule has 1 heterocycles. The Morgan fingerprint density at radius 3 is 2.44 bits per heavy atom. The van der Waals surface area contributed by atoms with Crippen LogP contribution in [0, 0.1) is 0 Å². The monoisotopic (exact) mass is 432 g/mol. The van der Waals surface area contributed by atoms with E-state index in [0.29, 0.717) is 40.6 Å². The van der Waals surface area contributed by atoms with E-state index in [1.165, 1.54) is 20.3 Å². The van der Waals surface area contributed by atoms with E-state index in [1.807, 2.05) is 30.3 Å². The summed E-state index contributed by atoms with van der Waals surface area (Å²) in [5.41, 5.74) is 0.927. The molecule has 0 bridgehead atoms. The maximum absolute atomic E-state index is 12.8. The lowest BCUT2D eigenvalue weighted by Crippen LogP contribution is -2.06. The van der Waals surface area contributed by atoms with Gasteiger partial charge in [0.15, 0.2) is 16.8 Å². The number of benzene rings is 2. The summed E-state index contributed by atoms with van der Waals surface area (Å²) in [5.74, 6) is 1.74. The van der Waals surface area contributed by atoms with E-state index in [-0.39, 0.29) is 5.43 Å². The lowest BCUT2D eigenvalue weighted by atomic mass is 10.1. The molecule has 0 aliphatic heterocycles. The SMILES string of the molecule is COc1c(OCCCCBr)cc(OC)c2c(=O)cc(-c3ccccc3)oc12. The summed E-state index contributed by atoms with van der Waals surface area (Å²) in [4.78, 5) is 12.8. The smallest absolute Gasteiger partial charge is 0.205 e. The molecule has 0 amide bonds. The van der Waals surface area contributed by atoms with Gasteiger partial charge in [-0.2, -0.15) is 0 Å². The first-order valence-corrected chi connectivity index (χ1v) is 9.78. The lowest BCUT2D eigenvalue weighted by Gasteiger charge is -2.15. The Kier molecular flexibility index (Phi) is 6.40. The van der Waals surface area contributed by atoms with E-state index in [9.17, 15) is 4.79 Å². The van der Waals surface area contributed by atoms with E-state index >= 15 is 0 Å². The van der Waals surface area contributed by atoms with Gasteiger partial charge < -0.3 is 18.6 Å². The Bertz CT molecular complexity index is 966. The van der Waals surface area contributed by atoms with E-state index in [0.717, 1.165) is 23.7 Å². The lowest BCUT2D eigenvalue weighted by molar-refractivity contribution is 0.286. The summed E-state index contributed by atoms with van der Waals surface area (Å²) in [5, 5.41) is 1.26. The molecule has 0 spiro atoms. The van der Waals surface area contributed by atoms with Gasteiger partial charge in [0, 0.05) is 23.0 Å². The van der Waals surface area contributed by atoms with Crippen molar-refractivity contribution in [3.63, 3.8) is 0 Å². The van der Waals surface area contributed by atoms with Gasteiger partial charge in [-0.25, -0.2) is 0 Å². The first-order chi connectivity index (χ1) is 13.2. The Balaban J connectivity index is 2.16. The number of methoxy groups -OCH3 is 2. The number of hydrogen-bond acceptors (Lipinski definition) is 5. The zero-order valence-corrected chi connectivity index (χ0v) is 16.9. The molecule has 2 aromatic carbocycles. The van der Waals surface area contributed by atoms with Crippen LogP contribution < -0.4 is 19.6 Å². The van der Waals surface area contributed by atoms with Gasteiger partial charge in [-0.3, -0.25) is 4.79 Å². The van der Waals surface area contributed by atoms with Crippen LogP contribution in [0.1, 0.15) is 12.8 Å². The van der Waals surface area contributed by atoms with Gasteiger partial charge in [0.2, 0.25) is 5.75 Å². The molecule has 0 atom stereocenters. The van der Waals surface area contributed by atoms with Crippen LogP contribution in [0.4, 0.5) is 0 Å². The van der Waals surface area contributed by atoms with Crippen molar-refractivity contribution in [2.75, 3.05) is 26.2 Å². The molecular formula is C21H21BrO5. The van der Waals surface area contributed by atoms with Gasteiger partial charge in [-0.1, -0.05) is 46.3 Å². The molecule has 0 aliphatic rings. The molecule has 0 aliphatic carbocycles. The third kappa shape index (κ3) is 4.11. The molecule has 6 heteroatoms. The van der Waals surface area contributed by atoms with Gasteiger partial charge in [0.25, 0.3) is 0 Å². The quantitative estimate of drug-likeness (QED) is 0.368. The number of hydrogen-bond donors (Lipinski definition) is 0. The second kappa shape index (κ2) is 8.95. The van der Waals surface area contributed by atoms with Gasteiger partial charge in [0.1, 0.15) is 16.9 Å². The predicted octanol–water partition coefficient (Wildman–Crippen LogP) is 5.03. The second-order valence-electron chi connectivity index (χ2n) is 5.90. The molecule has 1 aromatic heterocycles. The highest BCUT2D eigenvalue weighted by molar-refractivity contribution is 9.09. The fourth-order valence-electron chi connectivity index (χ4n) is 2.84. The molecule has 0 fully saturated rings. The van der Waals surface area contributed by atoms with Crippen LogP contribution in [0.15, 0.2) is 51.7 Å². The van der Waals surface area contributed by atoms with E-state index < -0.39 is 0 Å². The molecule has 0 saturated heterocycles. The van der Waals surface area contributed by atoms with Crippen molar-refractivity contribution in [2.24, 2.45) is 0 Å². The van der Waals surface area contributed by atoms with Crippen molar-refractivity contribution in [2.45, 2.75) is 12.8 Å². The average molecular weight is 433 g/mol. The van der Waals surface area contributed by atoms with Gasteiger partial charge in [-0.05, 0) is 12.8 Å². The summed E-state index contributed by atoms with van der Waals surface area (Å²) in [6, 6.07) is 12.6. The standard InChI is InChI=1S/C21H21BrO5/c1-24-17-13-18(26-11-7-6-10-22)20(25-2)21-19(17)15(23)12-16(27-21)14-8-4-3-5-9-14/h3-5,8-9,12-13H,6-7,10-11H2,1-2H3. The zero-order valence-electron chi connectivity index (χ0n) is 15.3. The number of ether oxygens (including phenoxy) is 3. The maximum atomic E-state index is 12.8. The fraction of sp³-hybridized carbons (Fsp3) is 0.286. The molecule has 0 saturated carbocycles. The highest BCUT2D eigenvalue weighted by Gasteiger charge is 2.21. The van der Waals surface area contributed by atoms with Crippen molar-refractivity contribution in [1.29, 1.82) is 0 Å². The van der Waals surface area contributed by atoms with E-state index in [2.05, 4.69) is 15.9 Å². The third-order valence-corrected chi connectivity index (χ3v) is 4.71. The number of fused-ring (bicyclic) bond motifs is 1. The Hall–Kier alpha value is -2.47. The minimum atomic E-state index is -0.198. The number of rotatable bonds is 8. The molecule has 0 radical (unpaired) electrons. The van der Waals surface area contributed by atoms with Gasteiger partial charge in [-0.15, -0.1) is 0 Å². The number of unbranched alkanes of at least 4 members (excludes halogenated alkanes) is 1. The first-order valence-electron chi connectivity index (χ1n) is 8.66. The van der Waals surface area contributed by atoms with Crippen LogP contribution in [0.3, 0.4) is 0 Å². The molecule has 3 rings (SSSR count). The minimum Gasteiger partial charge on any atom is -0.496 e. The number of alkyl halides is 1. The molecule has 3 aromatic rings. The molecule has 142 valence electrons. The summed E-state index contributed by atoms with van der Waals surface area (Å²) >= 11 is 3.41. The topological polar surface area (TPSA) is 57.9 Å². The molecule has 0 N–H and O–H groups in total. The highest BCUT2D eigenvalue weighted by Crippen LogP contribution is 2.41. The second-order valence-corrected chi connectivity index (χ2v) is 6.69. The van der Waals surface area contributed by atoms with Crippen LogP contribution in [0.5, 0.6) is 17.2 Å². The highest BCUT2D eigenvalue weighted by atomic mass is 79.9. The summed E-state index contributed by atoms with van der Waals surface area (Å²) in [7, 11) is 3.04. The van der Waals surface area contributed by atoms with Crippen molar-refractivity contribution in [3.05, 3.63) is 52.7 Å². The molecular weight excluding hydrogens is 412 g/mol. The van der Waals surface area contributed by atoms with Crippen LogP contribution >= 0.6 is 15.9 Å². The van der Waals surface area contributed by atoms with Crippen molar-refractivity contribution in [3.8, 4) is 28.6 Å². The van der Waals surface area contributed by atoms with Crippen LogP contribution in [-0.4, -0.2) is 26.2 Å². The minimum absolute atomic E-state index is 0.198. The predicted molar refractivity (Wildman–Crippen MR) is 110 cm³/mol. The molecule has 27 heavy (non-hydrogen) atoms. The Labute approximate surface area is 166 Å².